The summed E-state index contributed by atoms with van der Waals surface area (Å²) in [4.78, 5) is 20.7. The molecule has 0 spiro atoms. The summed E-state index contributed by atoms with van der Waals surface area (Å²) in [7, 11) is 0. The third-order valence-corrected chi connectivity index (χ3v) is 2.02. The SMILES string of the molecule is CC1=NOC(C)(C(=O)O/N=C(\C)C(F)F)C1. The fourth-order valence-electron chi connectivity index (χ4n) is 1.09. The van der Waals surface area contributed by atoms with Crippen LogP contribution in [0.5, 0.6) is 0 Å². The van der Waals surface area contributed by atoms with Gasteiger partial charge in [0.25, 0.3) is 6.43 Å². The van der Waals surface area contributed by atoms with E-state index in [0.717, 1.165) is 6.92 Å². The first-order valence-electron chi connectivity index (χ1n) is 4.61. The number of halogens is 2. The number of alkyl halides is 2. The minimum absolute atomic E-state index is 0.259. The number of nitrogens with zero attached hydrogens (tertiary/aromatic N) is 2. The second kappa shape index (κ2) is 4.54. The maximum Gasteiger partial charge on any atom is 0.381 e. The summed E-state index contributed by atoms with van der Waals surface area (Å²) in [5.41, 5.74) is -1.20. The summed E-state index contributed by atoms with van der Waals surface area (Å²) < 4.78 is 24.1. The first kappa shape index (κ1) is 12.5. The molecule has 1 unspecified atom stereocenters. The third kappa shape index (κ3) is 2.74. The van der Waals surface area contributed by atoms with Gasteiger partial charge < -0.3 is 9.68 Å². The maximum atomic E-state index is 12.0. The molecule has 0 aromatic rings. The molecule has 1 rings (SSSR count). The topological polar surface area (TPSA) is 60.2 Å². The Morgan fingerprint density at radius 1 is 1.69 bits per heavy atom. The molecular formula is C9H12F2N2O3. The lowest BCUT2D eigenvalue weighted by Gasteiger charge is -2.16. The number of oxime groups is 2. The molecule has 0 aromatic carbocycles. The molecular weight excluding hydrogens is 222 g/mol. The Bertz CT molecular complexity index is 355. The molecule has 90 valence electrons. The van der Waals surface area contributed by atoms with Gasteiger partial charge in [-0.05, 0) is 20.8 Å². The van der Waals surface area contributed by atoms with Gasteiger partial charge in [-0.3, -0.25) is 0 Å². The zero-order valence-corrected chi connectivity index (χ0v) is 9.16. The number of carbonyl (C=O) groups is 1. The molecule has 0 saturated carbocycles. The fourth-order valence-corrected chi connectivity index (χ4v) is 1.09. The number of carbonyl (C=O) groups excluding carboxylic acids is 1. The minimum atomic E-state index is -2.75. The summed E-state index contributed by atoms with van der Waals surface area (Å²) in [6.07, 6.45) is -2.49. The van der Waals surface area contributed by atoms with Crippen LogP contribution in [0.1, 0.15) is 27.2 Å². The molecule has 1 heterocycles. The average Bonchev–Trinajstić information content (AvgIpc) is 2.55. The van der Waals surface area contributed by atoms with Gasteiger partial charge in [0.2, 0.25) is 5.60 Å². The molecule has 7 heteroatoms. The lowest BCUT2D eigenvalue weighted by molar-refractivity contribution is -0.167. The summed E-state index contributed by atoms with van der Waals surface area (Å²) in [6, 6.07) is 0. The van der Waals surface area contributed by atoms with Gasteiger partial charge in [0.05, 0.1) is 5.71 Å². The second-order valence-electron chi connectivity index (χ2n) is 3.74. The predicted molar refractivity (Wildman–Crippen MR) is 52.4 cm³/mol. The number of hydrogen-bond acceptors (Lipinski definition) is 5. The standard InChI is InChI=1S/C9H12F2N2O3/c1-5-4-9(3,16-12-5)8(14)15-13-6(2)7(10)11/h7H,4H2,1-3H3/b13-6+. The zero-order chi connectivity index (χ0) is 12.3. The first-order chi connectivity index (χ1) is 7.35. The van der Waals surface area contributed by atoms with Crippen molar-refractivity contribution in [2.24, 2.45) is 10.3 Å². The molecule has 1 atom stereocenters. The minimum Gasteiger partial charge on any atom is -0.377 e. The second-order valence-corrected chi connectivity index (χ2v) is 3.74. The molecule has 5 nitrogen and oxygen atoms in total. The Morgan fingerprint density at radius 2 is 2.31 bits per heavy atom. The number of hydrogen-bond donors (Lipinski definition) is 0. The van der Waals surface area contributed by atoms with E-state index >= 15 is 0 Å². The van der Waals surface area contributed by atoms with E-state index in [2.05, 4.69) is 15.1 Å². The third-order valence-electron chi connectivity index (χ3n) is 2.02. The normalized spacial score (nSPS) is 25.4. The summed E-state index contributed by atoms with van der Waals surface area (Å²) in [6.45, 7) is 4.21. The van der Waals surface area contributed by atoms with Crippen LogP contribution in [0, 0.1) is 0 Å². The van der Waals surface area contributed by atoms with E-state index in [1.165, 1.54) is 6.92 Å². The highest BCUT2D eigenvalue weighted by molar-refractivity contribution is 5.92. The van der Waals surface area contributed by atoms with Crippen molar-refractivity contribution in [3.05, 3.63) is 0 Å². The Kier molecular flexibility index (Phi) is 3.56. The molecule has 0 saturated heterocycles. The quantitative estimate of drug-likeness (QED) is 0.424. The van der Waals surface area contributed by atoms with Gasteiger partial charge in [0.15, 0.2) is 0 Å². The Labute approximate surface area is 91.1 Å². The molecule has 0 aromatic heterocycles. The largest absolute Gasteiger partial charge is 0.381 e. The fraction of sp³-hybridized carbons (Fsp3) is 0.667. The summed E-state index contributed by atoms with van der Waals surface area (Å²) >= 11 is 0. The van der Waals surface area contributed by atoms with E-state index in [1.807, 2.05) is 0 Å². The predicted octanol–water partition coefficient (Wildman–Crippen LogP) is 1.73. The van der Waals surface area contributed by atoms with E-state index in [1.54, 1.807) is 6.92 Å². The Balaban J connectivity index is 2.57. The molecule has 0 aliphatic carbocycles. The highest BCUT2D eigenvalue weighted by Gasteiger charge is 2.43. The highest BCUT2D eigenvalue weighted by Crippen LogP contribution is 2.24. The van der Waals surface area contributed by atoms with Crippen LogP contribution in [-0.2, 0) is 14.5 Å². The molecule has 1 aliphatic rings. The van der Waals surface area contributed by atoms with Gasteiger partial charge in [-0.2, -0.15) is 0 Å². The lowest BCUT2D eigenvalue weighted by Crippen LogP contribution is -2.36. The zero-order valence-electron chi connectivity index (χ0n) is 9.16. The molecule has 1 aliphatic heterocycles. The van der Waals surface area contributed by atoms with Gasteiger partial charge >= 0.3 is 5.97 Å². The van der Waals surface area contributed by atoms with Crippen molar-refractivity contribution < 1.29 is 23.3 Å². The molecule has 0 fully saturated rings. The molecule has 16 heavy (non-hydrogen) atoms. The van der Waals surface area contributed by atoms with Crippen LogP contribution < -0.4 is 0 Å². The monoisotopic (exact) mass is 234 g/mol. The molecule has 0 N–H and O–H groups in total. The van der Waals surface area contributed by atoms with Crippen molar-refractivity contribution in [1.82, 2.24) is 0 Å². The molecule has 0 bridgehead atoms. The van der Waals surface area contributed by atoms with Crippen molar-refractivity contribution >= 4 is 17.4 Å². The van der Waals surface area contributed by atoms with Gasteiger partial charge in [0, 0.05) is 6.42 Å². The van der Waals surface area contributed by atoms with Crippen LogP contribution in [0.4, 0.5) is 8.78 Å². The lowest BCUT2D eigenvalue weighted by atomic mass is 10.0. The van der Waals surface area contributed by atoms with Crippen LogP contribution in [0.2, 0.25) is 0 Å². The van der Waals surface area contributed by atoms with Crippen molar-refractivity contribution in [3.63, 3.8) is 0 Å². The Hall–Kier alpha value is -1.53. The van der Waals surface area contributed by atoms with E-state index in [9.17, 15) is 13.6 Å². The van der Waals surface area contributed by atoms with Gasteiger partial charge in [0.1, 0.15) is 5.71 Å². The van der Waals surface area contributed by atoms with E-state index in [4.69, 9.17) is 4.84 Å². The van der Waals surface area contributed by atoms with Crippen LogP contribution in [0.25, 0.3) is 0 Å². The summed E-state index contributed by atoms with van der Waals surface area (Å²) in [5, 5.41) is 6.62. The van der Waals surface area contributed by atoms with Gasteiger partial charge in [-0.25, -0.2) is 13.6 Å². The van der Waals surface area contributed by atoms with E-state index in [-0.39, 0.29) is 6.42 Å². The Morgan fingerprint density at radius 3 is 2.75 bits per heavy atom. The van der Waals surface area contributed by atoms with E-state index < -0.39 is 23.7 Å². The maximum absolute atomic E-state index is 12.0. The van der Waals surface area contributed by atoms with Crippen LogP contribution >= 0.6 is 0 Å². The molecule has 0 amide bonds. The van der Waals surface area contributed by atoms with Crippen LogP contribution in [0.15, 0.2) is 10.3 Å². The highest BCUT2D eigenvalue weighted by atomic mass is 19.3. The van der Waals surface area contributed by atoms with Gasteiger partial charge in [-0.1, -0.05) is 10.3 Å². The smallest absolute Gasteiger partial charge is 0.377 e. The van der Waals surface area contributed by atoms with Crippen molar-refractivity contribution in [2.45, 2.75) is 39.2 Å². The van der Waals surface area contributed by atoms with Gasteiger partial charge in [-0.15, -0.1) is 0 Å². The summed E-state index contributed by atoms with van der Waals surface area (Å²) in [5.74, 6) is -0.840. The number of rotatable bonds is 3. The molecule has 0 radical (unpaired) electrons. The van der Waals surface area contributed by atoms with Crippen molar-refractivity contribution in [3.8, 4) is 0 Å². The van der Waals surface area contributed by atoms with Crippen LogP contribution in [-0.4, -0.2) is 29.4 Å². The average molecular weight is 234 g/mol. The van der Waals surface area contributed by atoms with E-state index in [0.29, 0.717) is 5.71 Å². The van der Waals surface area contributed by atoms with Crippen LogP contribution in [0.3, 0.4) is 0 Å². The van der Waals surface area contributed by atoms with Crippen molar-refractivity contribution in [2.75, 3.05) is 0 Å². The van der Waals surface area contributed by atoms with Crippen molar-refractivity contribution in [1.29, 1.82) is 0 Å². The first-order valence-corrected chi connectivity index (χ1v) is 4.61.